The van der Waals surface area contributed by atoms with Crippen molar-refractivity contribution in [2.45, 2.75) is 38.8 Å². The third-order valence-corrected chi connectivity index (χ3v) is 4.94. The molecule has 1 saturated carbocycles. The van der Waals surface area contributed by atoms with Crippen LogP contribution in [0, 0.1) is 12.8 Å². The van der Waals surface area contributed by atoms with Crippen molar-refractivity contribution in [3.8, 4) is 0 Å². The van der Waals surface area contributed by atoms with E-state index < -0.39 is 0 Å². The molecule has 1 aliphatic heterocycles. The van der Waals surface area contributed by atoms with Crippen LogP contribution >= 0.6 is 0 Å². The zero-order valence-corrected chi connectivity index (χ0v) is 12.8. The van der Waals surface area contributed by atoms with Gasteiger partial charge in [0, 0.05) is 25.3 Å². The zero-order chi connectivity index (χ0) is 14.2. The topological polar surface area (TPSA) is 32.6 Å². The largest absolute Gasteiger partial charge is 0.311 e. The Balaban J connectivity index is 1.35. The van der Waals surface area contributed by atoms with E-state index >= 15 is 0 Å². The van der Waals surface area contributed by atoms with E-state index in [-0.39, 0.29) is 0 Å². The van der Waals surface area contributed by atoms with Crippen LogP contribution in [0.5, 0.6) is 0 Å². The lowest BCUT2D eigenvalue weighted by molar-refractivity contribution is 0.311. The van der Waals surface area contributed by atoms with E-state index in [2.05, 4.69) is 44.9 Å². The molecular formula is C17H24N4. The van der Waals surface area contributed by atoms with Crippen molar-refractivity contribution in [2.75, 3.05) is 19.6 Å². The molecule has 1 atom stereocenters. The van der Waals surface area contributed by atoms with Crippen molar-refractivity contribution in [2.24, 2.45) is 5.92 Å². The molecule has 2 fully saturated rings. The summed E-state index contributed by atoms with van der Waals surface area (Å²) in [6.45, 7) is 6.75. The number of nitrogens with one attached hydrogen (secondary N) is 1. The Labute approximate surface area is 126 Å². The highest BCUT2D eigenvalue weighted by Gasteiger charge is 2.34. The lowest BCUT2D eigenvalue weighted by Gasteiger charge is -2.15. The highest BCUT2D eigenvalue weighted by molar-refractivity contribution is 5.42. The SMILES string of the molecule is Cc1nc2ccccn2c1CNCC1CCN(C2CC2)C1. The maximum atomic E-state index is 4.62. The molecule has 1 N–H and O–H groups in total. The lowest BCUT2D eigenvalue weighted by Crippen LogP contribution is -2.27. The normalized spacial score (nSPS) is 23.2. The van der Waals surface area contributed by atoms with Gasteiger partial charge in [0.25, 0.3) is 0 Å². The summed E-state index contributed by atoms with van der Waals surface area (Å²) in [6.07, 6.45) is 6.33. The maximum Gasteiger partial charge on any atom is 0.137 e. The molecule has 112 valence electrons. The van der Waals surface area contributed by atoms with Crippen LogP contribution in [0.4, 0.5) is 0 Å². The molecule has 4 rings (SSSR count). The molecule has 0 radical (unpaired) electrons. The Kier molecular flexibility index (Phi) is 3.43. The second-order valence-electron chi connectivity index (χ2n) is 6.58. The van der Waals surface area contributed by atoms with Crippen LogP contribution in [0.25, 0.3) is 5.65 Å². The molecule has 0 amide bonds. The quantitative estimate of drug-likeness (QED) is 0.914. The molecule has 4 nitrogen and oxygen atoms in total. The average molecular weight is 284 g/mol. The van der Waals surface area contributed by atoms with Gasteiger partial charge in [-0.1, -0.05) is 6.07 Å². The highest BCUT2D eigenvalue weighted by atomic mass is 15.2. The van der Waals surface area contributed by atoms with Gasteiger partial charge < -0.3 is 14.6 Å². The molecule has 2 aromatic heterocycles. The number of imidazole rings is 1. The van der Waals surface area contributed by atoms with E-state index in [1.54, 1.807) is 0 Å². The summed E-state index contributed by atoms with van der Waals surface area (Å²) >= 11 is 0. The number of likely N-dealkylation sites (tertiary alicyclic amines) is 1. The van der Waals surface area contributed by atoms with Crippen molar-refractivity contribution < 1.29 is 0 Å². The van der Waals surface area contributed by atoms with Gasteiger partial charge in [0.1, 0.15) is 5.65 Å². The van der Waals surface area contributed by atoms with Gasteiger partial charge in [-0.05, 0) is 57.3 Å². The Morgan fingerprint density at radius 2 is 2.19 bits per heavy atom. The lowest BCUT2D eigenvalue weighted by atomic mass is 10.1. The minimum Gasteiger partial charge on any atom is -0.311 e. The van der Waals surface area contributed by atoms with Crippen molar-refractivity contribution >= 4 is 5.65 Å². The molecule has 1 aliphatic carbocycles. The van der Waals surface area contributed by atoms with Gasteiger partial charge >= 0.3 is 0 Å². The Bertz CT molecular complexity index is 629. The smallest absolute Gasteiger partial charge is 0.137 e. The number of pyridine rings is 1. The minimum absolute atomic E-state index is 0.824. The van der Waals surface area contributed by atoms with Crippen LogP contribution in [0.3, 0.4) is 0 Å². The molecule has 2 aromatic rings. The summed E-state index contributed by atoms with van der Waals surface area (Å²) in [4.78, 5) is 7.31. The van der Waals surface area contributed by atoms with Gasteiger partial charge in [-0.25, -0.2) is 4.98 Å². The van der Waals surface area contributed by atoms with Crippen LogP contribution in [-0.2, 0) is 6.54 Å². The second-order valence-corrected chi connectivity index (χ2v) is 6.58. The predicted octanol–water partition coefficient (Wildman–Crippen LogP) is 2.22. The molecule has 21 heavy (non-hydrogen) atoms. The first-order chi connectivity index (χ1) is 10.3. The highest BCUT2D eigenvalue weighted by Crippen LogP contribution is 2.31. The summed E-state index contributed by atoms with van der Waals surface area (Å²) in [5, 5.41) is 3.66. The van der Waals surface area contributed by atoms with E-state index in [1.807, 2.05) is 6.07 Å². The standard InChI is InChI=1S/C17H24N4/c1-13-16(21-8-3-2-4-17(21)19-13)11-18-10-14-7-9-20(12-14)15-5-6-15/h2-4,8,14-15,18H,5-7,9-12H2,1H3. The number of aryl methyl sites for hydroxylation is 1. The number of hydrogen-bond acceptors (Lipinski definition) is 3. The summed E-state index contributed by atoms with van der Waals surface area (Å²) in [7, 11) is 0. The molecule has 0 bridgehead atoms. The molecule has 0 spiro atoms. The summed E-state index contributed by atoms with van der Waals surface area (Å²) in [5.41, 5.74) is 3.48. The predicted molar refractivity (Wildman–Crippen MR) is 84.3 cm³/mol. The van der Waals surface area contributed by atoms with Crippen LogP contribution in [0.1, 0.15) is 30.7 Å². The van der Waals surface area contributed by atoms with Crippen LogP contribution in [0.2, 0.25) is 0 Å². The van der Waals surface area contributed by atoms with E-state index in [4.69, 9.17) is 0 Å². The van der Waals surface area contributed by atoms with Crippen LogP contribution < -0.4 is 5.32 Å². The van der Waals surface area contributed by atoms with Gasteiger partial charge in [0.2, 0.25) is 0 Å². The van der Waals surface area contributed by atoms with Crippen molar-refractivity contribution in [1.29, 1.82) is 0 Å². The van der Waals surface area contributed by atoms with Crippen molar-refractivity contribution in [1.82, 2.24) is 19.6 Å². The third-order valence-electron chi connectivity index (χ3n) is 4.94. The fourth-order valence-corrected chi connectivity index (χ4v) is 3.57. The van der Waals surface area contributed by atoms with Crippen molar-refractivity contribution in [3.63, 3.8) is 0 Å². The molecule has 3 heterocycles. The molecule has 4 heteroatoms. The van der Waals surface area contributed by atoms with Crippen LogP contribution in [-0.4, -0.2) is 40.0 Å². The maximum absolute atomic E-state index is 4.62. The summed E-state index contributed by atoms with van der Waals surface area (Å²) < 4.78 is 2.20. The minimum atomic E-state index is 0.824. The van der Waals surface area contributed by atoms with E-state index in [0.717, 1.165) is 36.4 Å². The Morgan fingerprint density at radius 3 is 3.05 bits per heavy atom. The summed E-state index contributed by atoms with van der Waals surface area (Å²) in [5.74, 6) is 0.824. The number of fused-ring (bicyclic) bond motifs is 1. The first-order valence-electron chi connectivity index (χ1n) is 8.18. The monoisotopic (exact) mass is 284 g/mol. The van der Waals surface area contributed by atoms with Gasteiger partial charge in [0.15, 0.2) is 0 Å². The fourth-order valence-electron chi connectivity index (χ4n) is 3.57. The summed E-state index contributed by atoms with van der Waals surface area (Å²) in [6, 6.07) is 7.11. The second kappa shape index (κ2) is 5.43. The average Bonchev–Trinajstić information content (AvgIpc) is 3.15. The molecule has 0 aromatic carbocycles. The Morgan fingerprint density at radius 1 is 1.29 bits per heavy atom. The molecule has 1 unspecified atom stereocenters. The molecule has 1 saturated heterocycles. The van der Waals surface area contributed by atoms with E-state index in [1.165, 1.54) is 38.0 Å². The number of aromatic nitrogens is 2. The third kappa shape index (κ3) is 2.70. The first kappa shape index (κ1) is 13.3. The van der Waals surface area contributed by atoms with Gasteiger partial charge in [0.05, 0.1) is 11.4 Å². The number of hydrogen-bond donors (Lipinski definition) is 1. The van der Waals surface area contributed by atoms with Gasteiger partial charge in [-0.3, -0.25) is 0 Å². The fraction of sp³-hybridized carbons (Fsp3) is 0.588. The van der Waals surface area contributed by atoms with E-state index in [9.17, 15) is 0 Å². The van der Waals surface area contributed by atoms with Crippen LogP contribution in [0.15, 0.2) is 24.4 Å². The molecule has 2 aliphatic rings. The zero-order valence-electron chi connectivity index (χ0n) is 12.8. The molecular weight excluding hydrogens is 260 g/mol. The number of nitrogens with zero attached hydrogens (tertiary/aromatic N) is 3. The number of rotatable bonds is 5. The van der Waals surface area contributed by atoms with Gasteiger partial charge in [-0.2, -0.15) is 0 Å². The van der Waals surface area contributed by atoms with Crippen molar-refractivity contribution in [3.05, 3.63) is 35.8 Å². The van der Waals surface area contributed by atoms with Gasteiger partial charge in [-0.15, -0.1) is 0 Å². The first-order valence-corrected chi connectivity index (χ1v) is 8.18. The van der Waals surface area contributed by atoms with E-state index in [0.29, 0.717) is 0 Å². The Hall–Kier alpha value is -1.39.